The molecule has 0 bridgehead atoms. The molecule has 0 aromatic heterocycles. The Morgan fingerprint density at radius 2 is 1.06 bits per heavy atom. The van der Waals surface area contributed by atoms with E-state index in [2.05, 4.69) is 10.6 Å². The average molecular weight is 472 g/mol. The van der Waals surface area contributed by atoms with Crippen LogP contribution in [-0.2, 0) is 28.7 Å². The molecule has 0 aliphatic rings. The largest absolute Gasteiger partial charge is 0.452 e. The summed E-state index contributed by atoms with van der Waals surface area (Å²) >= 11 is 0. The van der Waals surface area contributed by atoms with Crippen molar-refractivity contribution in [2.24, 2.45) is 0 Å². The zero-order chi connectivity index (χ0) is 24.8. The molecule has 0 saturated carbocycles. The maximum atomic E-state index is 13.4. The van der Waals surface area contributed by atoms with Gasteiger partial charge >= 0.3 is 11.9 Å². The van der Waals surface area contributed by atoms with Crippen LogP contribution in [0.3, 0.4) is 0 Å². The van der Waals surface area contributed by atoms with Crippen LogP contribution >= 0.6 is 0 Å². The summed E-state index contributed by atoms with van der Waals surface area (Å²) in [5, 5.41) is 4.83. The molecule has 8 nitrogen and oxygen atoms in total. The highest BCUT2D eigenvalue weighted by Gasteiger charge is 2.07. The minimum Gasteiger partial charge on any atom is -0.452 e. The standard InChI is InChI=1S/C24H22F2N2O6/c25-19-7-3-1-5-17(19)9-11-23(31)33-15-21(29)27-13-14-28-22(30)16-34-24(32)12-10-18-6-2-4-8-20(18)26/h1-12H,13-16H2,(H,27,29)(H,28,30). The monoisotopic (exact) mass is 472 g/mol. The third kappa shape index (κ3) is 9.86. The zero-order valence-corrected chi connectivity index (χ0v) is 18.0. The maximum Gasteiger partial charge on any atom is 0.331 e. The number of benzene rings is 2. The molecule has 34 heavy (non-hydrogen) atoms. The van der Waals surface area contributed by atoms with Crippen LogP contribution < -0.4 is 10.6 Å². The van der Waals surface area contributed by atoms with E-state index >= 15 is 0 Å². The molecule has 2 aromatic rings. The Labute approximate surface area is 194 Å². The molecule has 0 saturated heterocycles. The van der Waals surface area contributed by atoms with Crippen molar-refractivity contribution in [2.75, 3.05) is 26.3 Å². The van der Waals surface area contributed by atoms with Gasteiger partial charge in [-0.3, -0.25) is 9.59 Å². The number of carbonyl (C=O) groups excluding carboxylic acids is 4. The summed E-state index contributed by atoms with van der Waals surface area (Å²) < 4.78 is 36.4. The second kappa shape index (κ2) is 13.9. The molecule has 2 rings (SSSR count). The molecule has 0 aliphatic carbocycles. The number of esters is 2. The van der Waals surface area contributed by atoms with Gasteiger partial charge in [0.1, 0.15) is 11.6 Å². The molecule has 0 spiro atoms. The molecule has 0 aliphatic heterocycles. The quantitative estimate of drug-likeness (QED) is 0.294. The van der Waals surface area contributed by atoms with Gasteiger partial charge < -0.3 is 20.1 Å². The van der Waals surface area contributed by atoms with Crippen LogP contribution in [-0.4, -0.2) is 50.1 Å². The lowest BCUT2D eigenvalue weighted by Gasteiger charge is -2.07. The van der Waals surface area contributed by atoms with Gasteiger partial charge in [0, 0.05) is 36.4 Å². The Kier molecular flexibility index (Phi) is 10.6. The Morgan fingerprint density at radius 1 is 0.676 bits per heavy atom. The van der Waals surface area contributed by atoms with Gasteiger partial charge in [-0.2, -0.15) is 0 Å². The molecule has 0 fully saturated rings. The minimum absolute atomic E-state index is 0.0360. The molecule has 2 N–H and O–H groups in total. The summed E-state index contributed by atoms with van der Waals surface area (Å²) in [6, 6.07) is 11.7. The first kappa shape index (κ1) is 25.9. The molecule has 0 atom stereocenters. The molecule has 10 heteroatoms. The Bertz CT molecular complexity index is 999. The van der Waals surface area contributed by atoms with Crippen LogP contribution in [0.1, 0.15) is 11.1 Å². The lowest BCUT2D eigenvalue weighted by Crippen LogP contribution is -2.38. The van der Waals surface area contributed by atoms with Crippen LogP contribution in [0.15, 0.2) is 60.7 Å². The lowest BCUT2D eigenvalue weighted by molar-refractivity contribution is -0.144. The fourth-order valence-electron chi connectivity index (χ4n) is 2.41. The predicted octanol–water partition coefficient (Wildman–Crippen LogP) is 2.01. The second-order valence-corrected chi connectivity index (χ2v) is 6.63. The Morgan fingerprint density at radius 3 is 1.44 bits per heavy atom. The van der Waals surface area contributed by atoms with Crippen LogP contribution in [0.2, 0.25) is 0 Å². The first-order valence-electron chi connectivity index (χ1n) is 10.1. The van der Waals surface area contributed by atoms with E-state index in [-0.39, 0.29) is 24.2 Å². The van der Waals surface area contributed by atoms with Crippen molar-refractivity contribution in [3.63, 3.8) is 0 Å². The van der Waals surface area contributed by atoms with Gasteiger partial charge in [0.25, 0.3) is 11.8 Å². The number of halogens is 2. The number of nitrogens with one attached hydrogen (secondary N) is 2. The van der Waals surface area contributed by atoms with E-state index in [1.807, 2.05) is 0 Å². The topological polar surface area (TPSA) is 111 Å². The maximum absolute atomic E-state index is 13.4. The number of hydrogen-bond donors (Lipinski definition) is 2. The highest BCUT2D eigenvalue weighted by atomic mass is 19.1. The number of amides is 2. The number of ether oxygens (including phenoxy) is 2. The van der Waals surface area contributed by atoms with Crippen molar-refractivity contribution in [1.29, 1.82) is 0 Å². The highest BCUT2D eigenvalue weighted by Crippen LogP contribution is 2.09. The summed E-state index contributed by atoms with van der Waals surface area (Å²) in [5.41, 5.74) is 0.401. The van der Waals surface area contributed by atoms with Gasteiger partial charge in [0.15, 0.2) is 13.2 Å². The van der Waals surface area contributed by atoms with Gasteiger partial charge in [0.05, 0.1) is 0 Å². The summed E-state index contributed by atoms with van der Waals surface area (Å²) in [7, 11) is 0. The normalized spacial score (nSPS) is 10.8. The molecule has 2 amide bonds. The molecule has 0 unspecified atom stereocenters. The fourth-order valence-corrected chi connectivity index (χ4v) is 2.41. The van der Waals surface area contributed by atoms with Crippen LogP contribution in [0.4, 0.5) is 8.78 Å². The molecule has 2 aromatic carbocycles. The Hall–Kier alpha value is -4.34. The number of carbonyl (C=O) groups is 4. The van der Waals surface area contributed by atoms with E-state index in [1.165, 1.54) is 48.6 Å². The predicted molar refractivity (Wildman–Crippen MR) is 119 cm³/mol. The SMILES string of the molecule is O=C(COC(=O)C=Cc1ccccc1F)NCCNC(=O)COC(=O)C=Cc1ccccc1F. The molecular weight excluding hydrogens is 450 g/mol. The summed E-state index contributed by atoms with van der Waals surface area (Å²) in [4.78, 5) is 46.5. The van der Waals surface area contributed by atoms with E-state index < -0.39 is 48.6 Å². The first-order chi connectivity index (χ1) is 16.3. The molecule has 0 radical (unpaired) electrons. The molecule has 0 heterocycles. The number of rotatable bonds is 11. The van der Waals surface area contributed by atoms with Crippen molar-refractivity contribution in [2.45, 2.75) is 0 Å². The summed E-state index contributed by atoms with van der Waals surface area (Å²) in [5.74, 6) is -3.85. The van der Waals surface area contributed by atoms with E-state index in [0.717, 1.165) is 12.2 Å². The molecule has 178 valence electrons. The van der Waals surface area contributed by atoms with Crippen molar-refractivity contribution >= 4 is 35.9 Å². The third-order valence-electron chi connectivity index (χ3n) is 4.07. The minimum atomic E-state index is -0.822. The lowest BCUT2D eigenvalue weighted by atomic mass is 10.2. The van der Waals surface area contributed by atoms with Crippen LogP contribution in [0.25, 0.3) is 12.2 Å². The van der Waals surface area contributed by atoms with E-state index in [9.17, 15) is 28.0 Å². The zero-order valence-electron chi connectivity index (χ0n) is 18.0. The van der Waals surface area contributed by atoms with Gasteiger partial charge in [-0.25, -0.2) is 18.4 Å². The second-order valence-electron chi connectivity index (χ2n) is 6.63. The van der Waals surface area contributed by atoms with Gasteiger partial charge in [-0.15, -0.1) is 0 Å². The van der Waals surface area contributed by atoms with E-state index in [4.69, 9.17) is 9.47 Å². The molecular formula is C24H22F2N2O6. The van der Waals surface area contributed by atoms with Crippen molar-refractivity contribution in [3.8, 4) is 0 Å². The van der Waals surface area contributed by atoms with Gasteiger partial charge in [-0.1, -0.05) is 36.4 Å². The van der Waals surface area contributed by atoms with Crippen molar-refractivity contribution in [1.82, 2.24) is 10.6 Å². The van der Waals surface area contributed by atoms with Crippen molar-refractivity contribution < 1.29 is 37.4 Å². The van der Waals surface area contributed by atoms with Crippen LogP contribution in [0.5, 0.6) is 0 Å². The smallest absolute Gasteiger partial charge is 0.331 e. The highest BCUT2D eigenvalue weighted by molar-refractivity contribution is 5.90. The first-order valence-corrected chi connectivity index (χ1v) is 10.1. The van der Waals surface area contributed by atoms with Gasteiger partial charge in [-0.05, 0) is 24.3 Å². The number of hydrogen-bond acceptors (Lipinski definition) is 6. The van der Waals surface area contributed by atoms with Gasteiger partial charge in [0.2, 0.25) is 0 Å². The van der Waals surface area contributed by atoms with E-state index in [0.29, 0.717) is 0 Å². The van der Waals surface area contributed by atoms with Crippen LogP contribution in [0, 0.1) is 11.6 Å². The van der Waals surface area contributed by atoms with E-state index in [1.54, 1.807) is 12.1 Å². The summed E-state index contributed by atoms with van der Waals surface area (Å²) in [6.07, 6.45) is 4.46. The fraction of sp³-hybridized carbons (Fsp3) is 0.167. The van der Waals surface area contributed by atoms with Crippen molar-refractivity contribution in [3.05, 3.63) is 83.4 Å². The summed E-state index contributed by atoms with van der Waals surface area (Å²) in [6.45, 7) is -1.04. The Balaban J connectivity index is 1.56. The average Bonchev–Trinajstić information content (AvgIpc) is 2.83. The third-order valence-corrected chi connectivity index (χ3v) is 4.07.